The van der Waals surface area contributed by atoms with Crippen molar-refractivity contribution < 1.29 is 5.11 Å². The molecule has 2 fully saturated rings. The van der Waals surface area contributed by atoms with Crippen LogP contribution >= 0.6 is 11.6 Å². The van der Waals surface area contributed by atoms with Crippen molar-refractivity contribution in [3.63, 3.8) is 0 Å². The molecule has 4 nitrogen and oxygen atoms in total. The van der Waals surface area contributed by atoms with E-state index in [4.69, 9.17) is 11.6 Å². The lowest BCUT2D eigenvalue weighted by molar-refractivity contribution is 0.235. The second-order valence-electron chi connectivity index (χ2n) is 9.75. The fraction of sp³-hybridized carbons (Fsp3) is 0.630. The summed E-state index contributed by atoms with van der Waals surface area (Å²) in [5, 5.41) is 20.8. The normalized spacial score (nSPS) is 17.8. The van der Waals surface area contributed by atoms with E-state index in [0.29, 0.717) is 29.2 Å². The van der Waals surface area contributed by atoms with E-state index in [0.717, 1.165) is 30.7 Å². The number of benzene rings is 1. The van der Waals surface area contributed by atoms with E-state index in [1.807, 2.05) is 0 Å². The van der Waals surface area contributed by atoms with Crippen molar-refractivity contribution in [3.05, 3.63) is 52.1 Å². The molecule has 1 aromatic carbocycles. The van der Waals surface area contributed by atoms with Crippen molar-refractivity contribution in [2.75, 3.05) is 0 Å². The lowest BCUT2D eigenvalue weighted by Crippen LogP contribution is -2.39. The number of imidazole rings is 1. The fourth-order valence-corrected chi connectivity index (χ4v) is 6.51. The van der Waals surface area contributed by atoms with Gasteiger partial charge in [0.15, 0.2) is 5.15 Å². The highest BCUT2D eigenvalue weighted by Crippen LogP contribution is 2.51. The van der Waals surface area contributed by atoms with E-state index in [1.165, 1.54) is 56.9 Å². The van der Waals surface area contributed by atoms with Gasteiger partial charge in [-0.1, -0.05) is 74.9 Å². The van der Waals surface area contributed by atoms with Gasteiger partial charge in [0, 0.05) is 13.0 Å². The van der Waals surface area contributed by atoms with Crippen molar-refractivity contribution in [1.82, 2.24) is 9.55 Å². The molecule has 32 heavy (non-hydrogen) atoms. The summed E-state index contributed by atoms with van der Waals surface area (Å²) in [5.41, 5.74) is 2.71. The molecule has 0 unspecified atom stereocenters. The third-order valence-electron chi connectivity index (χ3n) is 7.96. The van der Waals surface area contributed by atoms with E-state index in [9.17, 15) is 10.4 Å². The molecule has 0 spiro atoms. The minimum absolute atomic E-state index is 0.114. The van der Waals surface area contributed by atoms with Gasteiger partial charge in [-0.2, -0.15) is 5.26 Å². The van der Waals surface area contributed by atoms with Gasteiger partial charge in [0.2, 0.25) is 0 Å². The van der Waals surface area contributed by atoms with Crippen LogP contribution in [0.25, 0.3) is 0 Å². The Morgan fingerprint density at radius 3 is 2.19 bits per heavy atom. The van der Waals surface area contributed by atoms with Crippen LogP contribution in [0.1, 0.15) is 93.8 Å². The molecule has 0 radical (unpaired) electrons. The van der Waals surface area contributed by atoms with Gasteiger partial charge in [-0.3, -0.25) is 0 Å². The molecule has 1 heterocycles. The average molecular weight is 454 g/mol. The van der Waals surface area contributed by atoms with Gasteiger partial charge in [-0.25, -0.2) is 4.98 Å². The van der Waals surface area contributed by atoms with Crippen LogP contribution in [0, 0.1) is 23.2 Å². The zero-order valence-electron chi connectivity index (χ0n) is 19.3. The molecule has 2 saturated carbocycles. The lowest BCUT2D eigenvalue weighted by Gasteiger charge is -2.39. The summed E-state index contributed by atoms with van der Waals surface area (Å²) in [4.78, 5) is 4.52. The number of aryl methyl sites for hydroxylation is 1. The number of aliphatic hydroxyl groups is 1. The molecule has 1 N–H and O–H groups in total. The first-order valence-electron chi connectivity index (χ1n) is 12.5. The number of unbranched alkanes of at least 4 members (excludes halogenated alkanes) is 1. The Kier molecular flexibility index (Phi) is 7.59. The predicted octanol–water partition coefficient (Wildman–Crippen LogP) is 6.56. The standard InChI is InChI=1S/C27H36ClN3O/c1-2-3-12-25-30-26(28)24(18-32)31(25)17-20-13-15-23(16-14-20)27(19-29,21-8-4-5-9-21)22-10-6-7-11-22/h13-16,21-22,32H,2-12,17-18H2,1H3. The highest BCUT2D eigenvalue weighted by Gasteiger charge is 2.48. The Morgan fingerprint density at radius 2 is 1.69 bits per heavy atom. The Morgan fingerprint density at radius 1 is 1.09 bits per heavy atom. The summed E-state index contributed by atoms with van der Waals surface area (Å²) in [6, 6.07) is 11.6. The van der Waals surface area contributed by atoms with Crippen molar-refractivity contribution in [2.45, 2.75) is 96.1 Å². The molecule has 2 aromatic rings. The van der Waals surface area contributed by atoms with Crippen LogP contribution in [-0.2, 0) is 25.0 Å². The molecular weight excluding hydrogens is 418 g/mol. The molecule has 4 rings (SSSR count). The largest absolute Gasteiger partial charge is 0.390 e. The maximum Gasteiger partial charge on any atom is 0.152 e. The van der Waals surface area contributed by atoms with Crippen LogP contribution in [0.5, 0.6) is 0 Å². The third kappa shape index (κ3) is 4.35. The monoisotopic (exact) mass is 453 g/mol. The molecule has 2 aliphatic rings. The summed E-state index contributed by atoms with van der Waals surface area (Å²) >= 11 is 6.32. The Hall–Kier alpha value is -1.83. The Labute approximate surface area is 197 Å². The molecule has 172 valence electrons. The van der Waals surface area contributed by atoms with Gasteiger partial charge in [-0.05, 0) is 55.1 Å². The van der Waals surface area contributed by atoms with E-state index < -0.39 is 0 Å². The first kappa shape index (κ1) is 23.3. The third-order valence-corrected chi connectivity index (χ3v) is 8.26. The van der Waals surface area contributed by atoms with Crippen molar-refractivity contribution in [3.8, 4) is 6.07 Å². The minimum Gasteiger partial charge on any atom is -0.390 e. The van der Waals surface area contributed by atoms with Crippen LogP contribution in [0.4, 0.5) is 0 Å². The second kappa shape index (κ2) is 10.4. The molecule has 0 saturated heterocycles. The average Bonchev–Trinajstić information content (AvgIpc) is 3.58. The highest BCUT2D eigenvalue weighted by molar-refractivity contribution is 6.30. The van der Waals surface area contributed by atoms with Crippen molar-refractivity contribution >= 4 is 11.6 Å². The minimum atomic E-state index is -0.341. The Balaban J connectivity index is 1.63. The lowest BCUT2D eigenvalue weighted by atomic mass is 9.62. The molecule has 0 atom stereocenters. The summed E-state index contributed by atoms with van der Waals surface area (Å²) in [5.74, 6) is 1.90. The molecular formula is C27H36ClN3O. The highest BCUT2D eigenvalue weighted by atomic mass is 35.5. The molecule has 2 aliphatic carbocycles. The van der Waals surface area contributed by atoms with E-state index in [-0.39, 0.29) is 12.0 Å². The van der Waals surface area contributed by atoms with E-state index in [2.05, 4.69) is 46.8 Å². The zero-order valence-corrected chi connectivity index (χ0v) is 20.1. The van der Waals surface area contributed by atoms with Crippen LogP contribution < -0.4 is 0 Å². The maximum atomic E-state index is 10.5. The molecule has 0 aliphatic heterocycles. The number of halogens is 1. The smallest absolute Gasteiger partial charge is 0.152 e. The van der Waals surface area contributed by atoms with Gasteiger partial charge >= 0.3 is 0 Å². The van der Waals surface area contributed by atoms with Gasteiger partial charge < -0.3 is 9.67 Å². The molecule has 0 amide bonds. The van der Waals surface area contributed by atoms with Crippen molar-refractivity contribution in [2.24, 2.45) is 11.8 Å². The van der Waals surface area contributed by atoms with Gasteiger partial charge in [0.05, 0.1) is 23.8 Å². The zero-order chi connectivity index (χ0) is 22.6. The molecule has 0 bridgehead atoms. The van der Waals surface area contributed by atoms with Gasteiger partial charge in [-0.15, -0.1) is 0 Å². The molecule has 5 heteroatoms. The van der Waals surface area contributed by atoms with Crippen molar-refractivity contribution in [1.29, 1.82) is 5.26 Å². The number of aliphatic hydroxyl groups excluding tert-OH is 1. The SMILES string of the molecule is CCCCc1nc(Cl)c(CO)n1Cc1ccc(C(C#N)(C2CCCC2)C2CCCC2)cc1. The number of hydrogen-bond acceptors (Lipinski definition) is 3. The first-order chi connectivity index (χ1) is 15.6. The van der Waals surface area contributed by atoms with Crippen LogP contribution in [0.2, 0.25) is 5.15 Å². The number of nitrogens with zero attached hydrogens (tertiary/aromatic N) is 3. The van der Waals surface area contributed by atoms with Crippen LogP contribution in [0.3, 0.4) is 0 Å². The summed E-state index contributed by atoms with van der Waals surface area (Å²) < 4.78 is 2.07. The maximum absolute atomic E-state index is 10.5. The number of aromatic nitrogens is 2. The van der Waals surface area contributed by atoms with Gasteiger partial charge in [0.25, 0.3) is 0 Å². The second-order valence-corrected chi connectivity index (χ2v) is 10.1. The van der Waals surface area contributed by atoms with E-state index in [1.54, 1.807) is 0 Å². The van der Waals surface area contributed by atoms with Gasteiger partial charge in [0.1, 0.15) is 5.82 Å². The quantitative estimate of drug-likeness (QED) is 0.467. The van der Waals surface area contributed by atoms with E-state index >= 15 is 0 Å². The molecule has 1 aromatic heterocycles. The number of rotatable bonds is 9. The fourth-order valence-electron chi connectivity index (χ4n) is 6.25. The number of hydrogen-bond donors (Lipinski definition) is 1. The summed E-state index contributed by atoms with van der Waals surface area (Å²) in [6.45, 7) is 2.69. The summed E-state index contributed by atoms with van der Waals surface area (Å²) in [6.07, 6.45) is 12.7. The van der Waals surface area contributed by atoms with Crippen LogP contribution in [0.15, 0.2) is 24.3 Å². The predicted molar refractivity (Wildman–Crippen MR) is 129 cm³/mol. The topological polar surface area (TPSA) is 61.8 Å². The van der Waals surface area contributed by atoms with Crippen LogP contribution in [-0.4, -0.2) is 14.7 Å². The number of nitriles is 1. The Bertz CT molecular complexity index is 915. The summed E-state index contributed by atoms with van der Waals surface area (Å²) in [7, 11) is 0. The first-order valence-corrected chi connectivity index (χ1v) is 12.9.